The molecule has 0 aliphatic carbocycles. The maximum absolute atomic E-state index is 11.8. The molecule has 0 bridgehead atoms. The highest BCUT2D eigenvalue weighted by molar-refractivity contribution is 6.32. The van der Waals surface area contributed by atoms with Crippen molar-refractivity contribution in [2.24, 2.45) is 0 Å². The molecule has 0 N–H and O–H groups in total. The lowest BCUT2D eigenvalue weighted by Gasteiger charge is -2.08. The van der Waals surface area contributed by atoms with Gasteiger partial charge in [-0.1, -0.05) is 23.7 Å². The number of para-hydroxylation sites is 1. The molecule has 0 saturated heterocycles. The molecule has 6 heteroatoms. The molecule has 0 radical (unpaired) electrons. The Morgan fingerprint density at radius 2 is 1.84 bits per heavy atom. The number of halogens is 1. The van der Waals surface area contributed by atoms with Gasteiger partial charge in [-0.15, -0.1) is 0 Å². The van der Waals surface area contributed by atoms with Gasteiger partial charge in [0.05, 0.1) is 19.2 Å². The van der Waals surface area contributed by atoms with Gasteiger partial charge in [0.25, 0.3) is 0 Å². The zero-order valence-corrected chi connectivity index (χ0v) is 14.8. The Bertz CT molecular complexity index is 742. The van der Waals surface area contributed by atoms with Gasteiger partial charge in [-0.25, -0.2) is 4.79 Å². The fraction of sp³-hybridized carbons (Fsp3) is 0.211. The van der Waals surface area contributed by atoms with E-state index in [4.69, 9.17) is 30.5 Å². The molecule has 0 amide bonds. The van der Waals surface area contributed by atoms with Crippen molar-refractivity contribution in [3.05, 3.63) is 59.1 Å². The van der Waals surface area contributed by atoms with E-state index in [1.165, 1.54) is 6.08 Å². The van der Waals surface area contributed by atoms with Crippen LogP contribution in [0.15, 0.2) is 48.5 Å². The van der Waals surface area contributed by atoms with E-state index in [1.807, 2.05) is 12.1 Å². The van der Waals surface area contributed by atoms with Gasteiger partial charge in [0.2, 0.25) is 0 Å². The minimum Gasteiger partial charge on any atom is -0.497 e. The number of benzene rings is 2. The van der Waals surface area contributed by atoms with Gasteiger partial charge in [-0.2, -0.15) is 0 Å². The predicted octanol–water partition coefficient (Wildman–Crippen LogP) is 3.99. The van der Waals surface area contributed by atoms with Gasteiger partial charge >= 0.3 is 5.97 Å². The molecule has 0 unspecified atom stereocenters. The maximum Gasteiger partial charge on any atom is 0.330 e. The minimum atomic E-state index is -0.472. The number of hydrogen-bond acceptors (Lipinski definition) is 5. The molecule has 0 atom stereocenters. The van der Waals surface area contributed by atoms with Crippen LogP contribution in [-0.2, 0) is 9.53 Å². The number of ether oxygens (including phenoxy) is 4. The molecule has 0 spiro atoms. The van der Waals surface area contributed by atoms with E-state index < -0.39 is 5.97 Å². The normalized spacial score (nSPS) is 10.5. The molecule has 2 rings (SSSR count). The monoisotopic (exact) mass is 362 g/mol. The topological polar surface area (TPSA) is 54.0 Å². The molecule has 0 aromatic heterocycles. The van der Waals surface area contributed by atoms with Crippen molar-refractivity contribution < 1.29 is 23.7 Å². The van der Waals surface area contributed by atoms with Crippen LogP contribution in [0.4, 0.5) is 0 Å². The van der Waals surface area contributed by atoms with Gasteiger partial charge in [0.1, 0.15) is 30.5 Å². The quantitative estimate of drug-likeness (QED) is 0.403. The van der Waals surface area contributed by atoms with E-state index in [-0.39, 0.29) is 13.2 Å². The molecule has 0 heterocycles. The molecule has 0 saturated carbocycles. The number of esters is 1. The SMILES string of the molecule is COc1ccc(/C=C/C(=O)OCCOc2ccccc2Cl)c(OC)c1. The molecule has 2 aromatic rings. The summed E-state index contributed by atoms with van der Waals surface area (Å²) in [5.41, 5.74) is 0.743. The number of carbonyl (C=O) groups is 1. The van der Waals surface area contributed by atoms with Crippen LogP contribution in [0.2, 0.25) is 5.02 Å². The Labute approximate surface area is 151 Å². The molecule has 5 nitrogen and oxygen atoms in total. The minimum absolute atomic E-state index is 0.119. The summed E-state index contributed by atoms with van der Waals surface area (Å²) in [4.78, 5) is 11.8. The van der Waals surface area contributed by atoms with E-state index in [9.17, 15) is 4.79 Å². The Morgan fingerprint density at radius 1 is 1.04 bits per heavy atom. The number of methoxy groups -OCH3 is 2. The largest absolute Gasteiger partial charge is 0.497 e. The highest BCUT2D eigenvalue weighted by atomic mass is 35.5. The summed E-state index contributed by atoms with van der Waals surface area (Å²) in [6.45, 7) is 0.337. The van der Waals surface area contributed by atoms with Crippen molar-refractivity contribution in [3.8, 4) is 17.2 Å². The second kappa shape index (κ2) is 9.59. The van der Waals surface area contributed by atoms with E-state index in [2.05, 4.69) is 0 Å². The Morgan fingerprint density at radius 3 is 2.56 bits per heavy atom. The average Bonchev–Trinajstić information content (AvgIpc) is 2.64. The molecule has 0 aliphatic heterocycles. The van der Waals surface area contributed by atoms with Crippen LogP contribution < -0.4 is 14.2 Å². The van der Waals surface area contributed by atoms with Crippen molar-refractivity contribution in [2.45, 2.75) is 0 Å². The second-order valence-corrected chi connectivity index (χ2v) is 5.29. The highest BCUT2D eigenvalue weighted by Crippen LogP contribution is 2.25. The molecule has 0 fully saturated rings. The van der Waals surface area contributed by atoms with Crippen LogP contribution >= 0.6 is 11.6 Å². The van der Waals surface area contributed by atoms with Crippen LogP contribution in [-0.4, -0.2) is 33.4 Å². The van der Waals surface area contributed by atoms with Gasteiger partial charge < -0.3 is 18.9 Å². The summed E-state index contributed by atoms with van der Waals surface area (Å²) < 4.78 is 20.9. The van der Waals surface area contributed by atoms with Gasteiger partial charge in [-0.3, -0.25) is 0 Å². The average molecular weight is 363 g/mol. The first-order valence-corrected chi connectivity index (χ1v) is 7.96. The Balaban J connectivity index is 1.82. The van der Waals surface area contributed by atoms with Crippen molar-refractivity contribution in [3.63, 3.8) is 0 Å². The third-order valence-electron chi connectivity index (χ3n) is 3.26. The fourth-order valence-electron chi connectivity index (χ4n) is 2.02. The smallest absolute Gasteiger partial charge is 0.330 e. The number of hydrogen-bond donors (Lipinski definition) is 0. The van der Waals surface area contributed by atoms with Crippen LogP contribution in [0.25, 0.3) is 6.08 Å². The molecular weight excluding hydrogens is 344 g/mol. The highest BCUT2D eigenvalue weighted by Gasteiger charge is 2.04. The third kappa shape index (κ3) is 5.72. The molecule has 0 aliphatic rings. The van der Waals surface area contributed by atoms with Crippen LogP contribution in [0.3, 0.4) is 0 Å². The first-order valence-electron chi connectivity index (χ1n) is 7.58. The van der Waals surface area contributed by atoms with E-state index in [0.717, 1.165) is 5.56 Å². The van der Waals surface area contributed by atoms with E-state index in [0.29, 0.717) is 22.3 Å². The Kier molecular flexibility index (Phi) is 7.16. The zero-order chi connectivity index (χ0) is 18.1. The summed E-state index contributed by atoms with van der Waals surface area (Å²) >= 11 is 5.97. The van der Waals surface area contributed by atoms with Crippen molar-refractivity contribution >= 4 is 23.6 Å². The number of carbonyl (C=O) groups excluding carboxylic acids is 1. The second-order valence-electron chi connectivity index (χ2n) is 4.89. The lowest BCUT2D eigenvalue weighted by Crippen LogP contribution is -2.10. The molecular formula is C19H19ClO5. The van der Waals surface area contributed by atoms with Gasteiger partial charge in [0.15, 0.2) is 0 Å². The first kappa shape index (κ1) is 18.7. The van der Waals surface area contributed by atoms with Gasteiger partial charge in [-0.05, 0) is 30.3 Å². The summed E-state index contributed by atoms with van der Waals surface area (Å²) in [5.74, 6) is 1.36. The lowest BCUT2D eigenvalue weighted by molar-refractivity contribution is -0.138. The third-order valence-corrected chi connectivity index (χ3v) is 3.57. The number of rotatable bonds is 8. The summed E-state index contributed by atoms with van der Waals surface area (Å²) in [6.07, 6.45) is 2.95. The van der Waals surface area contributed by atoms with Crippen LogP contribution in [0, 0.1) is 0 Å². The predicted molar refractivity (Wildman–Crippen MR) is 96.5 cm³/mol. The first-order chi connectivity index (χ1) is 12.1. The molecule has 25 heavy (non-hydrogen) atoms. The van der Waals surface area contributed by atoms with E-state index in [1.54, 1.807) is 50.6 Å². The summed E-state index contributed by atoms with van der Waals surface area (Å²) in [6, 6.07) is 12.4. The molecule has 132 valence electrons. The fourth-order valence-corrected chi connectivity index (χ4v) is 2.21. The lowest BCUT2D eigenvalue weighted by atomic mass is 10.2. The standard InChI is InChI=1S/C19H19ClO5/c1-22-15-9-7-14(18(13-15)23-2)8-10-19(21)25-12-11-24-17-6-4-3-5-16(17)20/h3-10,13H,11-12H2,1-2H3/b10-8+. The summed E-state index contributed by atoms with van der Waals surface area (Å²) in [7, 11) is 3.13. The van der Waals surface area contributed by atoms with Crippen molar-refractivity contribution in [1.82, 2.24) is 0 Å². The molecule has 2 aromatic carbocycles. The van der Waals surface area contributed by atoms with Gasteiger partial charge in [0, 0.05) is 17.7 Å². The van der Waals surface area contributed by atoms with Crippen LogP contribution in [0.5, 0.6) is 17.2 Å². The summed E-state index contributed by atoms with van der Waals surface area (Å²) in [5, 5.41) is 0.514. The van der Waals surface area contributed by atoms with E-state index >= 15 is 0 Å². The van der Waals surface area contributed by atoms with Crippen molar-refractivity contribution in [2.75, 3.05) is 27.4 Å². The Hall–Kier alpha value is -2.66. The zero-order valence-electron chi connectivity index (χ0n) is 14.0. The van der Waals surface area contributed by atoms with Crippen molar-refractivity contribution in [1.29, 1.82) is 0 Å². The maximum atomic E-state index is 11.8. The van der Waals surface area contributed by atoms with Crippen LogP contribution in [0.1, 0.15) is 5.56 Å².